The number of hydrogen-bond acceptors (Lipinski definition) is 8. The van der Waals surface area contributed by atoms with Gasteiger partial charge in [-0.05, 0) is 119 Å². The molecule has 1 aliphatic rings. The fourth-order valence-electron chi connectivity index (χ4n) is 16.8. The molecule has 608 valence electrons. The number of phenols is 4. The van der Waals surface area contributed by atoms with E-state index < -0.39 is 0 Å². The summed E-state index contributed by atoms with van der Waals surface area (Å²) in [5, 5.41) is 50.5. The van der Waals surface area contributed by atoms with Crippen LogP contribution in [0.25, 0.3) is 0 Å². The van der Waals surface area contributed by atoms with Gasteiger partial charge < -0.3 is 20.4 Å². The summed E-state index contributed by atoms with van der Waals surface area (Å²) in [4.78, 5) is 58.4. The Morgan fingerprint density at radius 2 is 0.287 bits per heavy atom. The van der Waals surface area contributed by atoms with Gasteiger partial charge in [-0.2, -0.15) is 0 Å². The number of phenolic OH excluding ortho intramolecular Hbond substituents is 4. The zero-order valence-electron chi connectivity index (χ0n) is 70.1. The summed E-state index contributed by atoms with van der Waals surface area (Å²) in [7, 11) is 0. The number of fused-ring (bicyclic) bond motifs is 8. The Morgan fingerprint density at radius 3 is 0.398 bits per heavy atom. The minimum absolute atomic E-state index is 0.0121. The lowest BCUT2D eigenvalue weighted by atomic mass is 9.86. The molecule has 0 saturated heterocycles. The summed E-state index contributed by atoms with van der Waals surface area (Å²) in [6.07, 6.45) is 74.9. The van der Waals surface area contributed by atoms with E-state index in [1.54, 1.807) is 48.5 Å². The molecule has 0 saturated carbocycles. The van der Waals surface area contributed by atoms with Crippen molar-refractivity contribution >= 4 is 23.1 Å². The molecule has 0 spiro atoms. The number of carbonyl (C=O) groups is 4. The first-order chi connectivity index (χ1) is 52.9. The van der Waals surface area contributed by atoms with Crippen LogP contribution >= 0.6 is 0 Å². The first kappa shape index (κ1) is 93.4. The first-order valence-corrected chi connectivity index (χ1v) is 46.4. The average Bonchev–Trinajstić information content (AvgIpc) is 0.777. The summed E-state index contributed by atoms with van der Waals surface area (Å²) in [6, 6.07) is 13.9. The predicted molar refractivity (Wildman–Crippen MR) is 459 cm³/mol. The molecule has 0 aromatic heterocycles. The van der Waals surface area contributed by atoms with Crippen LogP contribution in [-0.4, -0.2) is 43.6 Å². The van der Waals surface area contributed by atoms with E-state index in [1.807, 2.05) is 0 Å². The van der Waals surface area contributed by atoms with E-state index in [0.717, 1.165) is 103 Å². The molecule has 4 N–H and O–H groups in total. The van der Waals surface area contributed by atoms with Crippen molar-refractivity contribution in [3.63, 3.8) is 0 Å². The number of unbranched alkanes of at least 4 members (excludes halogenated alkanes) is 56. The molecule has 0 radical (unpaired) electrons. The van der Waals surface area contributed by atoms with Gasteiger partial charge in [0.1, 0.15) is 23.0 Å². The first-order valence-electron chi connectivity index (χ1n) is 46.4. The fourth-order valence-corrected chi connectivity index (χ4v) is 16.8. The lowest BCUT2D eigenvalue weighted by molar-refractivity contribution is 0.0971. The maximum atomic E-state index is 14.6. The van der Waals surface area contributed by atoms with Gasteiger partial charge in [0.25, 0.3) is 0 Å². The highest BCUT2D eigenvalue weighted by atomic mass is 16.3. The number of hydrogen-bond donors (Lipinski definition) is 4. The van der Waals surface area contributed by atoms with Gasteiger partial charge in [0.15, 0.2) is 23.1 Å². The van der Waals surface area contributed by atoms with Crippen LogP contribution in [0.4, 0.5) is 0 Å². The Kier molecular flexibility index (Phi) is 52.2. The molecule has 108 heavy (non-hydrogen) atoms. The fraction of sp³-hybridized carbons (Fsp3) is 0.720. The monoisotopic (exact) mass is 1490 g/mol. The molecule has 4 aromatic rings. The second kappa shape index (κ2) is 60.4. The molecule has 4 aromatic carbocycles. The Bertz CT molecular complexity index is 2560. The van der Waals surface area contributed by atoms with Crippen molar-refractivity contribution in [3.8, 4) is 23.0 Å². The minimum atomic E-state index is -0.0725. The summed E-state index contributed by atoms with van der Waals surface area (Å²) in [6.45, 7) is 9.08. The van der Waals surface area contributed by atoms with Crippen LogP contribution in [0.15, 0.2) is 48.5 Å². The van der Waals surface area contributed by atoms with Crippen LogP contribution in [0.1, 0.15) is 525 Å². The SMILES string of the molecule is CCCCCCCCCCCCCCCCCC(=O)c1cc2c(O)c(c1)Cc1cc(C(=O)CCCCCCCCCCCCCCCCC)cc(c1O)Cc1cc(C(=O)CCCCCCCCCCCCCCCCC)cc(c1O)Cc1cc(C(=O)CCCCCCCCCCCCCCCCC)cc(c1O)C2. The molecule has 0 unspecified atom stereocenters. The van der Waals surface area contributed by atoms with Gasteiger partial charge in [0, 0.05) is 73.6 Å². The van der Waals surface area contributed by atoms with Crippen molar-refractivity contribution < 1.29 is 39.6 Å². The van der Waals surface area contributed by atoms with E-state index >= 15 is 0 Å². The Labute approximate surface area is 661 Å². The molecule has 8 bridgehead atoms. The predicted octanol–water partition coefficient (Wildman–Crippen LogP) is 31.0. The zero-order valence-corrected chi connectivity index (χ0v) is 70.1. The highest BCUT2D eigenvalue weighted by Gasteiger charge is 2.26. The molecular formula is C100H160O8. The summed E-state index contributed by atoms with van der Waals surface area (Å²) in [5.74, 6) is -0.475. The average molecular weight is 1490 g/mol. The zero-order chi connectivity index (χ0) is 77.3. The van der Waals surface area contributed by atoms with Crippen LogP contribution in [-0.2, 0) is 25.7 Å². The van der Waals surface area contributed by atoms with Gasteiger partial charge in [-0.3, -0.25) is 19.2 Å². The molecule has 8 heteroatoms. The largest absolute Gasteiger partial charge is 0.507 e. The molecule has 0 atom stereocenters. The van der Waals surface area contributed by atoms with Crippen LogP contribution < -0.4 is 0 Å². The summed E-state index contributed by atoms with van der Waals surface area (Å²) in [5.41, 5.74) is 5.00. The summed E-state index contributed by atoms with van der Waals surface area (Å²) < 4.78 is 0. The molecule has 0 heterocycles. The van der Waals surface area contributed by atoms with Gasteiger partial charge in [0.05, 0.1) is 0 Å². The third-order valence-corrected chi connectivity index (χ3v) is 23.9. The molecule has 1 aliphatic carbocycles. The number of carbonyl (C=O) groups excluding carboxylic acids is 4. The van der Waals surface area contributed by atoms with Crippen LogP contribution in [0, 0.1) is 0 Å². The van der Waals surface area contributed by atoms with E-state index in [-0.39, 0.29) is 71.8 Å². The third kappa shape index (κ3) is 39.8. The van der Waals surface area contributed by atoms with Crippen molar-refractivity contribution in [1.82, 2.24) is 0 Å². The maximum Gasteiger partial charge on any atom is 0.162 e. The second-order valence-electron chi connectivity index (χ2n) is 33.8. The van der Waals surface area contributed by atoms with Gasteiger partial charge in [0.2, 0.25) is 0 Å². The lowest BCUT2D eigenvalue weighted by Crippen LogP contribution is -2.09. The molecule has 0 amide bonds. The number of rotatable bonds is 68. The van der Waals surface area contributed by atoms with E-state index in [1.165, 1.54) is 283 Å². The maximum absolute atomic E-state index is 14.6. The Balaban J connectivity index is 1.40. The van der Waals surface area contributed by atoms with E-state index in [4.69, 9.17) is 0 Å². The lowest BCUT2D eigenvalue weighted by Gasteiger charge is -2.20. The summed E-state index contributed by atoms with van der Waals surface area (Å²) >= 11 is 0. The van der Waals surface area contributed by atoms with Crippen LogP contribution in [0.5, 0.6) is 23.0 Å². The van der Waals surface area contributed by atoms with Crippen molar-refractivity contribution in [2.45, 2.75) is 464 Å². The van der Waals surface area contributed by atoms with Crippen molar-refractivity contribution in [2.24, 2.45) is 0 Å². The van der Waals surface area contributed by atoms with E-state index in [9.17, 15) is 39.6 Å². The minimum Gasteiger partial charge on any atom is -0.507 e. The Hall–Kier alpha value is -5.24. The number of ketones is 4. The van der Waals surface area contributed by atoms with Crippen LogP contribution in [0.2, 0.25) is 0 Å². The van der Waals surface area contributed by atoms with Gasteiger partial charge in [-0.15, -0.1) is 0 Å². The van der Waals surface area contributed by atoms with E-state index in [2.05, 4.69) is 27.7 Å². The number of aromatic hydroxyl groups is 4. The number of Topliss-reactive ketones (excluding diaryl/α,β-unsaturated/α-hetero) is 4. The Morgan fingerprint density at radius 1 is 0.185 bits per heavy atom. The van der Waals surface area contributed by atoms with Gasteiger partial charge in [-0.1, -0.05) is 387 Å². The molecule has 5 rings (SSSR count). The normalized spacial score (nSPS) is 12.2. The van der Waals surface area contributed by atoms with Crippen molar-refractivity contribution in [2.75, 3.05) is 0 Å². The topological polar surface area (TPSA) is 149 Å². The molecule has 0 aliphatic heterocycles. The standard InChI is InChI=1S/C100H160O8/c1-5-9-13-17-21-25-29-33-37-41-45-49-53-57-61-65-93(101)81-69-85-77-87-71-82(94(102)66-62-58-54-50-46-42-38-34-30-26-22-18-14-10-6-2)73-89(98(87)106)79-91-75-84(96(104)68-64-60-56-52-48-44-40-36-32-28-24-20-16-12-8-4)76-92(100(91)108)80-90-74-83(72-88(99(90)107)78-86(70-81)97(85)105)95(103)67-63-59-55-51-47-43-39-35-31-27-23-19-15-11-7-3/h69-76,105-108H,5-68,77-80H2,1-4H3. The third-order valence-electron chi connectivity index (χ3n) is 23.9. The molecule has 8 nitrogen and oxygen atoms in total. The van der Waals surface area contributed by atoms with Gasteiger partial charge in [-0.25, -0.2) is 0 Å². The molecular weight excluding hydrogens is 1330 g/mol. The molecule has 0 fully saturated rings. The number of benzene rings is 4. The second-order valence-corrected chi connectivity index (χ2v) is 33.8. The highest BCUT2D eigenvalue weighted by Crippen LogP contribution is 2.41. The van der Waals surface area contributed by atoms with Crippen molar-refractivity contribution in [3.05, 3.63) is 115 Å². The van der Waals surface area contributed by atoms with Crippen molar-refractivity contribution in [1.29, 1.82) is 0 Å². The highest BCUT2D eigenvalue weighted by molar-refractivity contribution is 5.99. The smallest absolute Gasteiger partial charge is 0.162 e. The quantitative estimate of drug-likeness (QED) is 0.0222. The van der Waals surface area contributed by atoms with E-state index in [0.29, 0.717) is 92.4 Å². The van der Waals surface area contributed by atoms with Gasteiger partial charge >= 0.3 is 0 Å². The van der Waals surface area contributed by atoms with Crippen LogP contribution in [0.3, 0.4) is 0 Å².